The summed E-state index contributed by atoms with van der Waals surface area (Å²) in [5.41, 5.74) is 4.85. The molecule has 0 aliphatic rings. The van der Waals surface area contributed by atoms with Gasteiger partial charge in [0.15, 0.2) is 11.5 Å². The van der Waals surface area contributed by atoms with Gasteiger partial charge in [-0.3, -0.25) is 4.79 Å². The molecular formula is C23H22N2O4. The lowest BCUT2D eigenvalue weighted by Crippen LogP contribution is -2.17. The van der Waals surface area contributed by atoms with Gasteiger partial charge in [-0.15, -0.1) is 0 Å². The highest BCUT2D eigenvalue weighted by atomic mass is 16.5. The van der Waals surface area contributed by atoms with Crippen LogP contribution in [0.4, 0.5) is 0 Å². The Labute approximate surface area is 169 Å². The van der Waals surface area contributed by atoms with Crippen LogP contribution in [0, 0.1) is 0 Å². The Morgan fingerprint density at radius 1 is 0.931 bits per heavy atom. The second-order valence-electron chi connectivity index (χ2n) is 6.11. The zero-order valence-corrected chi connectivity index (χ0v) is 16.3. The monoisotopic (exact) mass is 390 g/mol. The zero-order valence-electron chi connectivity index (χ0n) is 16.3. The average molecular weight is 390 g/mol. The summed E-state index contributed by atoms with van der Waals surface area (Å²) in [7, 11) is 3.14. The van der Waals surface area contributed by atoms with E-state index < -0.39 is 0 Å². The molecular weight excluding hydrogens is 368 g/mol. The Kier molecular flexibility index (Phi) is 6.84. The largest absolute Gasteiger partial charge is 0.493 e. The summed E-state index contributed by atoms with van der Waals surface area (Å²) in [5.74, 6) is 1.60. The summed E-state index contributed by atoms with van der Waals surface area (Å²) in [6.45, 7) is 0.474. The molecule has 0 aromatic heterocycles. The van der Waals surface area contributed by atoms with Crippen molar-refractivity contribution in [2.45, 2.75) is 6.61 Å². The van der Waals surface area contributed by atoms with Crippen LogP contribution >= 0.6 is 0 Å². The fraction of sp³-hybridized carbons (Fsp3) is 0.130. The summed E-state index contributed by atoms with van der Waals surface area (Å²) in [6, 6.07) is 22.2. The average Bonchev–Trinajstić information content (AvgIpc) is 2.78. The van der Waals surface area contributed by atoms with E-state index in [2.05, 4.69) is 10.5 Å². The number of hydrogen-bond acceptors (Lipinski definition) is 5. The molecule has 0 saturated heterocycles. The lowest BCUT2D eigenvalue weighted by molar-refractivity contribution is 0.0955. The van der Waals surface area contributed by atoms with Gasteiger partial charge in [-0.05, 0) is 53.6 Å². The maximum atomic E-state index is 12.2. The van der Waals surface area contributed by atoms with E-state index in [0.29, 0.717) is 29.4 Å². The van der Waals surface area contributed by atoms with E-state index in [1.807, 2.05) is 36.4 Å². The van der Waals surface area contributed by atoms with Crippen molar-refractivity contribution in [3.8, 4) is 17.2 Å². The maximum absolute atomic E-state index is 12.2. The molecule has 0 saturated carbocycles. The lowest BCUT2D eigenvalue weighted by atomic mass is 10.2. The Bertz CT molecular complexity index is 970. The van der Waals surface area contributed by atoms with Crippen molar-refractivity contribution in [2.75, 3.05) is 14.2 Å². The molecule has 1 N–H and O–H groups in total. The smallest absolute Gasteiger partial charge is 0.271 e. The minimum atomic E-state index is -0.309. The Balaban J connectivity index is 1.54. The highest BCUT2D eigenvalue weighted by Gasteiger charge is 2.06. The van der Waals surface area contributed by atoms with Gasteiger partial charge < -0.3 is 14.2 Å². The SMILES string of the molecule is COc1ccc(/C=N/NC(=O)c2ccc(OCc3ccccc3)cc2)cc1OC. The molecule has 0 bridgehead atoms. The number of hydrazone groups is 1. The summed E-state index contributed by atoms with van der Waals surface area (Å²) in [6.07, 6.45) is 1.54. The fourth-order valence-electron chi connectivity index (χ4n) is 2.61. The normalized spacial score (nSPS) is 10.6. The highest BCUT2D eigenvalue weighted by Crippen LogP contribution is 2.26. The van der Waals surface area contributed by atoms with Crippen LogP contribution in [-0.4, -0.2) is 26.3 Å². The van der Waals surface area contributed by atoms with Crippen LogP contribution in [0.5, 0.6) is 17.2 Å². The van der Waals surface area contributed by atoms with Crippen LogP contribution in [0.3, 0.4) is 0 Å². The van der Waals surface area contributed by atoms with Crippen LogP contribution in [0.25, 0.3) is 0 Å². The standard InChI is InChI=1S/C23H22N2O4/c1-27-21-13-8-18(14-22(21)28-2)15-24-25-23(26)19-9-11-20(12-10-19)29-16-17-6-4-3-5-7-17/h3-15H,16H2,1-2H3,(H,25,26)/b24-15+. The summed E-state index contributed by atoms with van der Waals surface area (Å²) < 4.78 is 16.2. The quantitative estimate of drug-likeness (QED) is 0.465. The van der Waals surface area contributed by atoms with Crippen LogP contribution in [0.2, 0.25) is 0 Å². The van der Waals surface area contributed by atoms with Gasteiger partial charge in [0.05, 0.1) is 20.4 Å². The highest BCUT2D eigenvalue weighted by molar-refractivity contribution is 5.95. The van der Waals surface area contributed by atoms with Gasteiger partial charge >= 0.3 is 0 Å². The number of ether oxygens (including phenoxy) is 3. The number of nitrogens with zero attached hydrogens (tertiary/aromatic N) is 1. The first-order valence-electron chi connectivity index (χ1n) is 9.02. The molecule has 1 amide bonds. The molecule has 0 fully saturated rings. The van der Waals surface area contributed by atoms with Crippen molar-refractivity contribution in [3.63, 3.8) is 0 Å². The fourth-order valence-corrected chi connectivity index (χ4v) is 2.61. The van der Waals surface area contributed by atoms with E-state index in [9.17, 15) is 4.79 Å². The molecule has 0 aliphatic heterocycles. The van der Waals surface area contributed by atoms with E-state index in [1.165, 1.54) is 6.21 Å². The summed E-state index contributed by atoms with van der Waals surface area (Å²) in [5, 5.41) is 4.00. The molecule has 148 valence electrons. The van der Waals surface area contributed by atoms with Gasteiger partial charge in [0.1, 0.15) is 12.4 Å². The van der Waals surface area contributed by atoms with Gasteiger partial charge in [-0.1, -0.05) is 30.3 Å². The number of methoxy groups -OCH3 is 2. The number of hydrogen-bond donors (Lipinski definition) is 1. The molecule has 0 spiro atoms. The molecule has 3 aromatic rings. The first-order valence-corrected chi connectivity index (χ1v) is 9.02. The number of benzene rings is 3. The maximum Gasteiger partial charge on any atom is 0.271 e. The third kappa shape index (κ3) is 5.59. The van der Waals surface area contributed by atoms with E-state index in [1.54, 1.807) is 50.6 Å². The number of nitrogens with one attached hydrogen (secondary N) is 1. The number of carbonyl (C=O) groups is 1. The molecule has 0 aliphatic carbocycles. The van der Waals surface area contributed by atoms with Gasteiger partial charge in [0.2, 0.25) is 0 Å². The van der Waals surface area contributed by atoms with Gasteiger partial charge in [-0.2, -0.15) is 5.10 Å². The van der Waals surface area contributed by atoms with E-state index in [-0.39, 0.29) is 5.91 Å². The molecule has 29 heavy (non-hydrogen) atoms. The zero-order chi connectivity index (χ0) is 20.5. The number of amides is 1. The van der Waals surface area contributed by atoms with Crippen molar-refractivity contribution in [3.05, 3.63) is 89.5 Å². The lowest BCUT2D eigenvalue weighted by Gasteiger charge is -2.08. The van der Waals surface area contributed by atoms with Gasteiger partial charge in [0.25, 0.3) is 5.91 Å². The Morgan fingerprint density at radius 2 is 1.66 bits per heavy atom. The van der Waals surface area contributed by atoms with E-state index in [4.69, 9.17) is 14.2 Å². The van der Waals surface area contributed by atoms with E-state index >= 15 is 0 Å². The Morgan fingerprint density at radius 3 is 2.34 bits per heavy atom. The van der Waals surface area contributed by atoms with Crippen LogP contribution < -0.4 is 19.6 Å². The molecule has 3 aromatic carbocycles. The van der Waals surface area contributed by atoms with Crippen molar-refractivity contribution >= 4 is 12.1 Å². The van der Waals surface area contributed by atoms with Crippen LogP contribution in [0.1, 0.15) is 21.5 Å². The second-order valence-corrected chi connectivity index (χ2v) is 6.11. The molecule has 0 atom stereocenters. The predicted octanol–water partition coefficient (Wildman–Crippen LogP) is 4.05. The molecule has 6 heteroatoms. The molecule has 6 nitrogen and oxygen atoms in total. The molecule has 0 unspecified atom stereocenters. The predicted molar refractivity (Wildman–Crippen MR) is 112 cm³/mol. The molecule has 0 radical (unpaired) electrons. The minimum Gasteiger partial charge on any atom is -0.493 e. The van der Waals surface area contributed by atoms with Crippen LogP contribution in [-0.2, 0) is 6.61 Å². The molecule has 0 heterocycles. The topological polar surface area (TPSA) is 69.2 Å². The van der Waals surface area contributed by atoms with Gasteiger partial charge in [0, 0.05) is 5.56 Å². The first kappa shape index (κ1) is 19.9. The van der Waals surface area contributed by atoms with Crippen molar-refractivity contribution in [1.82, 2.24) is 5.43 Å². The summed E-state index contributed by atoms with van der Waals surface area (Å²) in [4.78, 5) is 12.2. The third-order valence-electron chi connectivity index (χ3n) is 4.15. The Hall–Kier alpha value is -3.80. The number of rotatable bonds is 8. The molecule has 3 rings (SSSR count). The third-order valence-corrected chi connectivity index (χ3v) is 4.15. The van der Waals surface area contributed by atoms with Gasteiger partial charge in [-0.25, -0.2) is 5.43 Å². The number of carbonyl (C=O) groups excluding carboxylic acids is 1. The minimum absolute atomic E-state index is 0.309. The van der Waals surface area contributed by atoms with Crippen molar-refractivity contribution < 1.29 is 19.0 Å². The van der Waals surface area contributed by atoms with Crippen molar-refractivity contribution in [2.24, 2.45) is 5.10 Å². The van der Waals surface area contributed by atoms with Crippen molar-refractivity contribution in [1.29, 1.82) is 0 Å². The first-order chi connectivity index (χ1) is 14.2. The summed E-state index contributed by atoms with van der Waals surface area (Å²) >= 11 is 0. The van der Waals surface area contributed by atoms with Crippen LogP contribution in [0.15, 0.2) is 77.9 Å². The second kappa shape index (κ2) is 9.94. The van der Waals surface area contributed by atoms with E-state index in [0.717, 1.165) is 11.1 Å².